The Balaban J connectivity index is 1.86. The zero-order chi connectivity index (χ0) is 20.6. The van der Waals surface area contributed by atoms with Gasteiger partial charge in [0.15, 0.2) is 5.96 Å². The van der Waals surface area contributed by atoms with Gasteiger partial charge in [-0.3, -0.25) is 4.99 Å². The Labute approximate surface area is 172 Å². The number of aliphatic imine (C=N–C) groups is 1. The van der Waals surface area contributed by atoms with E-state index in [1.807, 2.05) is 26.0 Å². The van der Waals surface area contributed by atoms with Crippen LogP contribution in [0.3, 0.4) is 0 Å². The van der Waals surface area contributed by atoms with E-state index in [2.05, 4.69) is 40.7 Å². The molecule has 0 radical (unpaired) electrons. The van der Waals surface area contributed by atoms with E-state index in [0.717, 1.165) is 17.3 Å². The zero-order valence-electron chi connectivity index (χ0n) is 17.0. The highest BCUT2D eigenvalue weighted by atomic mass is 32.2. The molecule has 28 heavy (non-hydrogen) atoms. The van der Waals surface area contributed by atoms with E-state index >= 15 is 0 Å². The van der Waals surface area contributed by atoms with Gasteiger partial charge in [0.2, 0.25) is 0 Å². The van der Waals surface area contributed by atoms with E-state index in [0.29, 0.717) is 30.4 Å². The number of nitrogens with one attached hydrogen (secondary N) is 2. The first-order valence-corrected chi connectivity index (χ1v) is 11.7. The molecule has 0 fully saturated rings. The lowest BCUT2D eigenvalue weighted by Crippen LogP contribution is -2.37. The fourth-order valence-corrected chi connectivity index (χ4v) is 5.82. The summed E-state index contributed by atoms with van der Waals surface area (Å²) in [5, 5.41) is 6.58. The SMILES string of the molecule is CCN(CC)S(=O)(=O)c1ccc(CCNC(=NC)NCc2cccc(C)c2)s1. The van der Waals surface area contributed by atoms with Crippen molar-refractivity contribution in [2.24, 2.45) is 4.99 Å². The summed E-state index contributed by atoms with van der Waals surface area (Å²) in [6.07, 6.45) is 0.740. The van der Waals surface area contributed by atoms with E-state index in [9.17, 15) is 8.42 Å². The van der Waals surface area contributed by atoms with E-state index in [-0.39, 0.29) is 0 Å². The van der Waals surface area contributed by atoms with Crippen LogP contribution in [0.4, 0.5) is 0 Å². The highest BCUT2D eigenvalue weighted by molar-refractivity contribution is 7.91. The number of aryl methyl sites for hydroxylation is 1. The van der Waals surface area contributed by atoms with Crippen molar-refractivity contribution in [2.75, 3.05) is 26.7 Å². The van der Waals surface area contributed by atoms with Crippen molar-refractivity contribution in [1.29, 1.82) is 0 Å². The molecule has 2 aromatic rings. The number of benzene rings is 1. The fraction of sp³-hybridized carbons (Fsp3) is 0.450. The molecule has 154 valence electrons. The van der Waals surface area contributed by atoms with Gasteiger partial charge >= 0.3 is 0 Å². The Morgan fingerprint density at radius 2 is 1.89 bits per heavy atom. The van der Waals surface area contributed by atoms with Gasteiger partial charge in [-0.15, -0.1) is 11.3 Å². The van der Waals surface area contributed by atoms with Crippen molar-refractivity contribution < 1.29 is 8.42 Å². The summed E-state index contributed by atoms with van der Waals surface area (Å²) < 4.78 is 27.0. The average molecular weight is 423 g/mol. The summed E-state index contributed by atoms with van der Waals surface area (Å²) in [5.74, 6) is 0.731. The lowest BCUT2D eigenvalue weighted by molar-refractivity contribution is 0.447. The van der Waals surface area contributed by atoms with Crippen LogP contribution in [0.25, 0.3) is 0 Å². The van der Waals surface area contributed by atoms with Crippen LogP contribution in [0.5, 0.6) is 0 Å². The van der Waals surface area contributed by atoms with Gasteiger partial charge in [-0.2, -0.15) is 4.31 Å². The molecule has 1 heterocycles. The normalized spacial score (nSPS) is 12.4. The monoisotopic (exact) mass is 422 g/mol. The Bertz CT molecular complexity index is 887. The van der Waals surface area contributed by atoms with Gasteiger partial charge in [0.25, 0.3) is 10.0 Å². The van der Waals surface area contributed by atoms with Gasteiger partial charge in [0, 0.05) is 38.1 Å². The number of rotatable bonds is 9. The molecule has 2 rings (SSSR count). The van der Waals surface area contributed by atoms with E-state index < -0.39 is 10.0 Å². The molecule has 0 saturated heterocycles. The summed E-state index contributed by atoms with van der Waals surface area (Å²) in [6, 6.07) is 11.9. The Morgan fingerprint density at radius 3 is 2.54 bits per heavy atom. The third kappa shape index (κ3) is 6.05. The van der Waals surface area contributed by atoms with Crippen LogP contribution >= 0.6 is 11.3 Å². The number of guanidine groups is 1. The standard InChI is InChI=1S/C20H30N4O2S2/c1-5-24(6-2)28(25,26)19-11-10-18(27-19)12-13-22-20(21-4)23-15-17-9-7-8-16(3)14-17/h7-11,14H,5-6,12-13,15H2,1-4H3,(H2,21,22,23). The predicted molar refractivity (Wildman–Crippen MR) is 118 cm³/mol. The van der Waals surface area contributed by atoms with Crippen LogP contribution in [0, 0.1) is 6.92 Å². The number of hydrogen-bond acceptors (Lipinski definition) is 4. The van der Waals surface area contributed by atoms with Crippen molar-refractivity contribution in [3.05, 3.63) is 52.4 Å². The Hall–Kier alpha value is -1.90. The zero-order valence-corrected chi connectivity index (χ0v) is 18.7. The van der Waals surface area contributed by atoms with Gasteiger partial charge in [-0.1, -0.05) is 43.7 Å². The minimum atomic E-state index is -3.37. The van der Waals surface area contributed by atoms with Crippen molar-refractivity contribution in [2.45, 2.75) is 37.9 Å². The topological polar surface area (TPSA) is 73.8 Å². The minimum absolute atomic E-state index is 0.410. The molecule has 6 nitrogen and oxygen atoms in total. The summed E-state index contributed by atoms with van der Waals surface area (Å²) in [7, 11) is -1.63. The van der Waals surface area contributed by atoms with E-state index in [1.54, 1.807) is 13.1 Å². The predicted octanol–water partition coefficient (Wildman–Crippen LogP) is 2.99. The van der Waals surface area contributed by atoms with Crippen molar-refractivity contribution in [3.63, 3.8) is 0 Å². The first-order chi connectivity index (χ1) is 13.4. The van der Waals surface area contributed by atoms with Gasteiger partial charge < -0.3 is 10.6 Å². The van der Waals surface area contributed by atoms with Crippen LogP contribution in [0.2, 0.25) is 0 Å². The highest BCUT2D eigenvalue weighted by Gasteiger charge is 2.23. The summed E-state index contributed by atoms with van der Waals surface area (Å²) in [6.45, 7) is 8.13. The van der Waals surface area contributed by atoms with E-state index in [4.69, 9.17) is 0 Å². The Kier molecular flexibility index (Phi) is 8.47. The maximum absolute atomic E-state index is 12.6. The van der Waals surface area contributed by atoms with Gasteiger partial charge in [0.1, 0.15) is 4.21 Å². The van der Waals surface area contributed by atoms with Crippen LogP contribution in [-0.4, -0.2) is 45.4 Å². The maximum Gasteiger partial charge on any atom is 0.252 e. The molecule has 0 amide bonds. The lowest BCUT2D eigenvalue weighted by atomic mass is 10.1. The molecular formula is C20H30N4O2S2. The smallest absolute Gasteiger partial charge is 0.252 e. The fourth-order valence-electron chi connectivity index (χ4n) is 2.85. The molecular weight excluding hydrogens is 392 g/mol. The molecule has 1 aromatic heterocycles. The quantitative estimate of drug-likeness (QED) is 0.481. The first-order valence-electron chi connectivity index (χ1n) is 9.49. The van der Waals surface area contributed by atoms with Gasteiger partial charge in [0.05, 0.1) is 0 Å². The van der Waals surface area contributed by atoms with Crippen molar-refractivity contribution in [3.8, 4) is 0 Å². The third-order valence-corrected chi connectivity index (χ3v) is 8.03. The molecule has 2 N–H and O–H groups in total. The number of hydrogen-bond donors (Lipinski definition) is 2. The second kappa shape index (κ2) is 10.6. The van der Waals surface area contributed by atoms with Crippen LogP contribution < -0.4 is 10.6 Å². The third-order valence-electron chi connectivity index (χ3n) is 4.37. The number of nitrogens with zero attached hydrogens (tertiary/aromatic N) is 2. The molecule has 1 aromatic carbocycles. The van der Waals surface area contributed by atoms with Crippen molar-refractivity contribution in [1.82, 2.24) is 14.9 Å². The van der Waals surface area contributed by atoms with Gasteiger partial charge in [-0.25, -0.2) is 8.42 Å². The van der Waals surface area contributed by atoms with Crippen molar-refractivity contribution >= 4 is 27.3 Å². The van der Waals surface area contributed by atoms with Crippen LogP contribution in [0.1, 0.15) is 29.9 Å². The molecule has 0 aliphatic heterocycles. The summed E-state index contributed by atoms with van der Waals surface area (Å²) >= 11 is 1.34. The second-order valence-corrected chi connectivity index (χ2v) is 9.73. The molecule has 0 aliphatic carbocycles. The molecule has 0 bridgehead atoms. The van der Waals surface area contributed by atoms with Gasteiger partial charge in [-0.05, 0) is 31.0 Å². The summed E-state index contributed by atoms with van der Waals surface area (Å²) in [5.41, 5.74) is 2.43. The lowest BCUT2D eigenvalue weighted by Gasteiger charge is -2.16. The van der Waals surface area contributed by atoms with Crippen LogP contribution in [0.15, 0.2) is 45.6 Å². The largest absolute Gasteiger partial charge is 0.356 e. The molecule has 0 saturated carbocycles. The Morgan fingerprint density at radius 1 is 1.14 bits per heavy atom. The maximum atomic E-state index is 12.6. The minimum Gasteiger partial charge on any atom is -0.356 e. The highest BCUT2D eigenvalue weighted by Crippen LogP contribution is 2.25. The number of sulfonamides is 1. The molecule has 0 aliphatic rings. The molecule has 0 atom stereocenters. The van der Waals surface area contributed by atoms with E-state index in [1.165, 1.54) is 26.8 Å². The molecule has 0 spiro atoms. The molecule has 0 unspecified atom stereocenters. The first kappa shape index (κ1) is 22.4. The number of thiophene rings is 1. The summed E-state index contributed by atoms with van der Waals surface area (Å²) in [4.78, 5) is 5.28. The van der Waals surface area contributed by atoms with Crippen LogP contribution in [-0.2, 0) is 23.0 Å². The average Bonchev–Trinajstić information content (AvgIpc) is 3.15. The second-order valence-electron chi connectivity index (χ2n) is 6.40. The molecule has 8 heteroatoms.